The zero-order valence-electron chi connectivity index (χ0n) is 16.7. The Balaban J connectivity index is 1.30. The van der Waals surface area contributed by atoms with Gasteiger partial charge in [-0.25, -0.2) is 0 Å². The monoisotopic (exact) mass is 399 g/mol. The molecule has 2 fully saturated rings. The van der Waals surface area contributed by atoms with Gasteiger partial charge < -0.3 is 9.73 Å². The fourth-order valence-electron chi connectivity index (χ4n) is 4.72. The van der Waals surface area contributed by atoms with Gasteiger partial charge in [-0.15, -0.1) is 0 Å². The van der Waals surface area contributed by atoms with Gasteiger partial charge >= 0.3 is 0 Å². The van der Waals surface area contributed by atoms with Crippen molar-refractivity contribution in [2.75, 3.05) is 26.2 Å². The van der Waals surface area contributed by atoms with Gasteiger partial charge in [0.05, 0.1) is 24.1 Å². The third-order valence-corrected chi connectivity index (χ3v) is 6.36. The topological polar surface area (TPSA) is 82.9 Å². The summed E-state index contributed by atoms with van der Waals surface area (Å²) in [5.74, 6) is -0.0188. The largest absolute Gasteiger partial charge is 0.468 e. The highest BCUT2D eigenvalue weighted by molar-refractivity contribution is 6.05. The van der Waals surface area contributed by atoms with Crippen LogP contribution >= 0.6 is 0 Å². The first-order chi connectivity index (χ1) is 14.1. The number of nitrogens with zero attached hydrogens (tertiary/aromatic N) is 2. The zero-order valence-corrected chi connectivity index (χ0v) is 16.7. The third kappa shape index (κ3) is 4.29. The third-order valence-electron chi connectivity index (χ3n) is 6.36. The van der Waals surface area contributed by atoms with E-state index in [-0.39, 0.29) is 48.6 Å². The molecule has 0 radical (unpaired) electrons. The minimum absolute atomic E-state index is 0.0123. The second-order valence-electron chi connectivity index (χ2n) is 8.17. The molecule has 3 amide bonds. The Bertz CT molecular complexity index is 741. The lowest BCUT2D eigenvalue weighted by molar-refractivity contribution is -0.140. The van der Waals surface area contributed by atoms with Crippen molar-refractivity contribution < 1.29 is 18.8 Å². The predicted molar refractivity (Wildman–Crippen MR) is 107 cm³/mol. The van der Waals surface area contributed by atoms with Crippen LogP contribution in [0.1, 0.15) is 50.3 Å². The maximum absolute atomic E-state index is 12.5. The quantitative estimate of drug-likeness (QED) is 0.562. The minimum atomic E-state index is -0.238. The fourth-order valence-corrected chi connectivity index (χ4v) is 4.72. The Hall–Kier alpha value is -2.41. The van der Waals surface area contributed by atoms with Crippen molar-refractivity contribution in [2.45, 2.75) is 44.6 Å². The van der Waals surface area contributed by atoms with Crippen molar-refractivity contribution in [1.29, 1.82) is 0 Å². The Morgan fingerprint density at radius 3 is 2.41 bits per heavy atom. The Morgan fingerprint density at radius 1 is 1.10 bits per heavy atom. The number of carbonyl (C=O) groups excluding carboxylic acids is 3. The summed E-state index contributed by atoms with van der Waals surface area (Å²) in [5, 5.41) is 2.98. The first kappa shape index (κ1) is 19.9. The van der Waals surface area contributed by atoms with Crippen LogP contribution in [0.5, 0.6) is 0 Å². The smallest absolute Gasteiger partial charge is 0.233 e. The molecule has 3 heterocycles. The number of amides is 3. The van der Waals surface area contributed by atoms with E-state index in [1.807, 2.05) is 24.3 Å². The lowest BCUT2D eigenvalue weighted by Crippen LogP contribution is -2.41. The van der Waals surface area contributed by atoms with E-state index in [1.54, 1.807) is 6.26 Å². The molecule has 0 unspecified atom stereocenters. The van der Waals surface area contributed by atoms with Gasteiger partial charge in [0, 0.05) is 19.5 Å². The number of imide groups is 1. The highest BCUT2D eigenvalue weighted by atomic mass is 16.3. The number of likely N-dealkylation sites (tertiary alicyclic amines) is 2. The predicted octanol–water partition coefficient (Wildman–Crippen LogP) is 2.26. The molecule has 1 aromatic rings. The van der Waals surface area contributed by atoms with Crippen molar-refractivity contribution in [3.63, 3.8) is 0 Å². The van der Waals surface area contributed by atoms with Gasteiger partial charge in [-0.05, 0) is 50.9 Å². The molecule has 2 saturated heterocycles. The van der Waals surface area contributed by atoms with Gasteiger partial charge in [0.2, 0.25) is 17.7 Å². The lowest BCUT2D eigenvalue weighted by atomic mass is 9.85. The standard InChI is InChI=1S/C22H29N3O4/c26-20(10-13-25-21(27)16-7-2-3-8-17(16)22(25)28)23-15-18(19-9-6-14-29-19)24-11-4-1-5-12-24/h2-3,6,9,14,16-18H,1,4-5,7-8,10-13,15H2,(H,23,26)/t16-,17-,18+/m0/s1. The van der Waals surface area contributed by atoms with Crippen molar-refractivity contribution >= 4 is 17.7 Å². The maximum atomic E-state index is 12.5. The number of hydrogen-bond acceptors (Lipinski definition) is 5. The molecule has 4 rings (SSSR count). The number of nitrogens with one attached hydrogen (secondary N) is 1. The molecule has 7 nitrogen and oxygen atoms in total. The molecule has 0 aromatic carbocycles. The van der Waals surface area contributed by atoms with E-state index < -0.39 is 0 Å². The van der Waals surface area contributed by atoms with E-state index in [4.69, 9.17) is 4.42 Å². The van der Waals surface area contributed by atoms with Crippen molar-refractivity contribution in [1.82, 2.24) is 15.1 Å². The van der Waals surface area contributed by atoms with Crippen LogP contribution in [0, 0.1) is 11.8 Å². The average molecular weight is 399 g/mol. The van der Waals surface area contributed by atoms with Gasteiger partial charge in [-0.1, -0.05) is 18.6 Å². The SMILES string of the molecule is O=C(CCN1C(=O)[C@H]2CC=CC[C@@H]2C1=O)NC[C@H](c1ccco1)N1CCCCC1. The molecule has 1 N–H and O–H groups in total. The number of hydrogen-bond donors (Lipinski definition) is 1. The first-order valence-electron chi connectivity index (χ1n) is 10.7. The molecule has 2 aliphatic heterocycles. The summed E-state index contributed by atoms with van der Waals surface area (Å²) in [7, 11) is 0. The summed E-state index contributed by atoms with van der Waals surface area (Å²) in [5.41, 5.74) is 0. The Labute approximate surface area is 171 Å². The lowest BCUT2D eigenvalue weighted by Gasteiger charge is -2.33. The van der Waals surface area contributed by atoms with Crippen LogP contribution in [0.2, 0.25) is 0 Å². The summed E-state index contributed by atoms with van der Waals surface area (Å²) in [4.78, 5) is 41.1. The first-order valence-corrected chi connectivity index (χ1v) is 10.7. The van der Waals surface area contributed by atoms with Gasteiger partial charge in [-0.3, -0.25) is 24.2 Å². The summed E-state index contributed by atoms with van der Waals surface area (Å²) in [6.07, 6.45) is 10.5. The average Bonchev–Trinajstić information content (AvgIpc) is 3.36. The number of furan rings is 1. The maximum Gasteiger partial charge on any atom is 0.233 e. The number of piperidine rings is 1. The van der Waals surface area contributed by atoms with E-state index in [2.05, 4.69) is 10.2 Å². The van der Waals surface area contributed by atoms with E-state index in [0.29, 0.717) is 19.4 Å². The molecule has 1 aromatic heterocycles. The summed E-state index contributed by atoms with van der Waals surface area (Å²) < 4.78 is 5.61. The van der Waals surface area contributed by atoms with E-state index >= 15 is 0 Å². The Morgan fingerprint density at radius 2 is 1.79 bits per heavy atom. The van der Waals surface area contributed by atoms with Crippen LogP contribution < -0.4 is 5.32 Å². The number of fused-ring (bicyclic) bond motifs is 1. The second kappa shape index (κ2) is 8.95. The van der Waals surface area contributed by atoms with Crippen LogP contribution in [0.25, 0.3) is 0 Å². The molecule has 3 atom stereocenters. The van der Waals surface area contributed by atoms with Crippen molar-refractivity contribution in [3.8, 4) is 0 Å². The van der Waals surface area contributed by atoms with Gasteiger partial charge in [0.1, 0.15) is 5.76 Å². The van der Waals surface area contributed by atoms with Crippen molar-refractivity contribution in [3.05, 3.63) is 36.3 Å². The fraction of sp³-hybridized carbons (Fsp3) is 0.591. The van der Waals surface area contributed by atoms with Gasteiger partial charge in [0.15, 0.2) is 0 Å². The molecule has 7 heteroatoms. The number of rotatable bonds is 7. The highest BCUT2D eigenvalue weighted by Gasteiger charge is 2.46. The molecule has 0 bridgehead atoms. The normalized spacial score (nSPS) is 25.9. The van der Waals surface area contributed by atoms with E-state index in [1.165, 1.54) is 11.3 Å². The zero-order chi connectivity index (χ0) is 20.2. The summed E-state index contributed by atoms with van der Waals surface area (Å²) in [6, 6.07) is 3.83. The van der Waals surface area contributed by atoms with Gasteiger partial charge in [-0.2, -0.15) is 0 Å². The summed E-state index contributed by atoms with van der Waals surface area (Å²) in [6.45, 7) is 2.61. The van der Waals surface area contributed by atoms with Gasteiger partial charge in [0.25, 0.3) is 0 Å². The molecule has 0 spiro atoms. The number of allylic oxidation sites excluding steroid dienone is 2. The van der Waals surface area contributed by atoms with Crippen LogP contribution in [-0.2, 0) is 14.4 Å². The molecule has 0 saturated carbocycles. The molecular formula is C22H29N3O4. The van der Waals surface area contributed by atoms with Crippen LogP contribution in [0.3, 0.4) is 0 Å². The van der Waals surface area contributed by atoms with Crippen LogP contribution in [0.15, 0.2) is 35.0 Å². The molecule has 3 aliphatic rings. The van der Waals surface area contributed by atoms with E-state index in [0.717, 1.165) is 31.7 Å². The highest BCUT2D eigenvalue weighted by Crippen LogP contribution is 2.35. The second-order valence-corrected chi connectivity index (χ2v) is 8.17. The molecule has 156 valence electrons. The minimum Gasteiger partial charge on any atom is -0.468 e. The van der Waals surface area contributed by atoms with Crippen LogP contribution in [-0.4, -0.2) is 53.7 Å². The molecule has 29 heavy (non-hydrogen) atoms. The van der Waals surface area contributed by atoms with Crippen LogP contribution in [0.4, 0.5) is 0 Å². The Kier molecular flexibility index (Phi) is 6.13. The molecule has 1 aliphatic carbocycles. The summed E-state index contributed by atoms with van der Waals surface area (Å²) >= 11 is 0. The van der Waals surface area contributed by atoms with E-state index in [9.17, 15) is 14.4 Å². The molecular weight excluding hydrogens is 370 g/mol. The number of carbonyl (C=O) groups is 3. The van der Waals surface area contributed by atoms with Crippen molar-refractivity contribution in [2.24, 2.45) is 11.8 Å².